The molecule has 1 aliphatic carbocycles. The van der Waals surface area contributed by atoms with Crippen molar-refractivity contribution in [1.82, 2.24) is 5.32 Å². The third kappa shape index (κ3) is 5.11. The lowest BCUT2D eigenvalue weighted by molar-refractivity contribution is -0.117. The number of amides is 3. The van der Waals surface area contributed by atoms with Gasteiger partial charge in [0.2, 0.25) is 5.91 Å². The molecule has 3 N–H and O–H groups in total. The summed E-state index contributed by atoms with van der Waals surface area (Å²) in [5.41, 5.74) is 2.18. The lowest BCUT2D eigenvalue weighted by Gasteiger charge is -2.10. The molecule has 0 heterocycles. The molecule has 1 aliphatic rings. The Morgan fingerprint density at radius 2 is 1.72 bits per heavy atom. The van der Waals surface area contributed by atoms with Gasteiger partial charge in [-0.05, 0) is 48.7 Å². The van der Waals surface area contributed by atoms with Gasteiger partial charge in [0, 0.05) is 23.8 Å². The van der Waals surface area contributed by atoms with E-state index < -0.39 is 0 Å². The Hall–Kier alpha value is -2.24. The van der Waals surface area contributed by atoms with Crippen molar-refractivity contribution in [2.24, 2.45) is 5.92 Å². The second-order valence-corrected chi connectivity index (χ2v) is 6.71. The van der Waals surface area contributed by atoms with Gasteiger partial charge < -0.3 is 16.0 Å². The van der Waals surface area contributed by atoms with E-state index in [0.717, 1.165) is 24.1 Å². The second kappa shape index (κ2) is 7.76. The number of hydrogen-bond donors (Lipinski definition) is 3. The first kappa shape index (κ1) is 17.6. The molecule has 0 unspecified atom stereocenters. The van der Waals surface area contributed by atoms with Gasteiger partial charge in [-0.2, -0.15) is 0 Å². The highest BCUT2D eigenvalue weighted by Gasteiger charge is 2.29. The van der Waals surface area contributed by atoms with Crippen LogP contribution in [0, 0.1) is 5.92 Å². The highest BCUT2D eigenvalue weighted by atomic mass is 35.5. The number of nitrogens with one attached hydrogen (secondary N) is 3. The molecule has 0 saturated heterocycles. The van der Waals surface area contributed by atoms with E-state index in [1.165, 1.54) is 0 Å². The molecule has 130 valence electrons. The molecule has 5 nitrogen and oxygen atoms in total. The minimum absolute atomic E-state index is 0.0578. The number of rotatable bonds is 5. The fraction of sp³-hybridized carbons (Fsp3) is 0.222. The third-order valence-corrected chi connectivity index (χ3v) is 4.51. The van der Waals surface area contributed by atoms with E-state index in [1.54, 1.807) is 18.2 Å². The first-order valence-corrected chi connectivity index (χ1v) is 8.66. The summed E-state index contributed by atoms with van der Waals surface area (Å²) in [6, 6.07) is 11.9. The maximum absolute atomic E-state index is 12.0. The Bertz CT molecular complexity index is 807. The van der Waals surface area contributed by atoms with Crippen molar-refractivity contribution in [3.8, 4) is 0 Å². The Balaban J connectivity index is 1.52. The molecule has 0 bridgehead atoms. The summed E-state index contributed by atoms with van der Waals surface area (Å²) in [7, 11) is 0. The SMILES string of the molecule is O=C(NCc1cccc(NC(=O)C2CC2)c1)Nc1ccc(Cl)c(Cl)c1. The van der Waals surface area contributed by atoms with Crippen molar-refractivity contribution in [2.45, 2.75) is 19.4 Å². The minimum Gasteiger partial charge on any atom is -0.334 e. The zero-order chi connectivity index (χ0) is 17.8. The Morgan fingerprint density at radius 3 is 2.44 bits per heavy atom. The van der Waals surface area contributed by atoms with Gasteiger partial charge in [-0.3, -0.25) is 4.79 Å². The first-order valence-electron chi connectivity index (χ1n) is 7.91. The van der Waals surface area contributed by atoms with Gasteiger partial charge >= 0.3 is 6.03 Å². The zero-order valence-corrected chi connectivity index (χ0v) is 14.8. The van der Waals surface area contributed by atoms with E-state index in [-0.39, 0.29) is 17.9 Å². The molecule has 1 fully saturated rings. The van der Waals surface area contributed by atoms with E-state index in [4.69, 9.17) is 23.2 Å². The highest BCUT2D eigenvalue weighted by Crippen LogP contribution is 2.30. The normalized spacial score (nSPS) is 13.2. The van der Waals surface area contributed by atoms with Crippen LogP contribution in [0.25, 0.3) is 0 Å². The lowest BCUT2D eigenvalue weighted by Crippen LogP contribution is -2.28. The predicted octanol–water partition coefficient (Wildman–Crippen LogP) is 4.66. The molecule has 2 aromatic rings. The monoisotopic (exact) mass is 377 g/mol. The van der Waals surface area contributed by atoms with Crippen LogP contribution in [0.15, 0.2) is 42.5 Å². The maximum Gasteiger partial charge on any atom is 0.319 e. The van der Waals surface area contributed by atoms with Crippen LogP contribution in [0.3, 0.4) is 0 Å². The van der Waals surface area contributed by atoms with Crippen LogP contribution in [0.5, 0.6) is 0 Å². The summed E-state index contributed by atoms with van der Waals surface area (Å²) in [6.07, 6.45) is 1.92. The van der Waals surface area contributed by atoms with Crippen LogP contribution < -0.4 is 16.0 Å². The number of carbonyl (C=O) groups excluding carboxylic acids is 2. The van der Waals surface area contributed by atoms with E-state index in [0.29, 0.717) is 22.3 Å². The molecule has 0 aromatic heterocycles. The van der Waals surface area contributed by atoms with Crippen LogP contribution in [-0.4, -0.2) is 11.9 Å². The quantitative estimate of drug-likeness (QED) is 0.708. The minimum atomic E-state index is -0.356. The Morgan fingerprint density at radius 1 is 0.960 bits per heavy atom. The van der Waals surface area contributed by atoms with Gasteiger partial charge in [0.05, 0.1) is 10.0 Å². The molecule has 7 heteroatoms. The summed E-state index contributed by atoms with van der Waals surface area (Å²) in [4.78, 5) is 23.8. The lowest BCUT2D eigenvalue weighted by atomic mass is 10.2. The molecular formula is C18H17Cl2N3O2. The second-order valence-electron chi connectivity index (χ2n) is 5.90. The topological polar surface area (TPSA) is 70.2 Å². The summed E-state index contributed by atoms with van der Waals surface area (Å²) in [5, 5.41) is 9.14. The summed E-state index contributed by atoms with van der Waals surface area (Å²) < 4.78 is 0. The number of carbonyl (C=O) groups is 2. The standard InChI is InChI=1S/C18H17Cl2N3O2/c19-15-7-6-14(9-16(15)20)23-18(25)21-10-11-2-1-3-13(8-11)22-17(24)12-4-5-12/h1-3,6-9,12H,4-5,10H2,(H,22,24)(H2,21,23,25). The Kier molecular flexibility index (Phi) is 5.46. The van der Waals surface area contributed by atoms with Crippen LogP contribution in [0.2, 0.25) is 10.0 Å². The van der Waals surface area contributed by atoms with Gasteiger partial charge in [-0.25, -0.2) is 4.79 Å². The van der Waals surface area contributed by atoms with Crippen LogP contribution in [0.1, 0.15) is 18.4 Å². The van der Waals surface area contributed by atoms with Crippen molar-refractivity contribution < 1.29 is 9.59 Å². The number of urea groups is 1. The summed E-state index contributed by atoms with van der Waals surface area (Å²) in [5.74, 6) is 0.209. The zero-order valence-electron chi connectivity index (χ0n) is 13.3. The fourth-order valence-electron chi connectivity index (χ4n) is 2.28. The van der Waals surface area contributed by atoms with Crippen molar-refractivity contribution in [3.63, 3.8) is 0 Å². The van der Waals surface area contributed by atoms with Crippen molar-refractivity contribution in [3.05, 3.63) is 58.1 Å². The van der Waals surface area contributed by atoms with Gasteiger partial charge in [0.25, 0.3) is 0 Å². The number of hydrogen-bond acceptors (Lipinski definition) is 2. The molecule has 3 amide bonds. The van der Waals surface area contributed by atoms with Crippen LogP contribution >= 0.6 is 23.2 Å². The van der Waals surface area contributed by atoms with Gasteiger partial charge in [0.15, 0.2) is 0 Å². The van der Waals surface area contributed by atoms with E-state index in [1.807, 2.05) is 24.3 Å². The molecule has 25 heavy (non-hydrogen) atoms. The highest BCUT2D eigenvalue weighted by molar-refractivity contribution is 6.42. The average molecular weight is 378 g/mol. The fourth-order valence-corrected chi connectivity index (χ4v) is 2.58. The maximum atomic E-state index is 12.0. The van der Waals surface area contributed by atoms with Gasteiger partial charge in [-0.15, -0.1) is 0 Å². The van der Waals surface area contributed by atoms with Gasteiger partial charge in [0.1, 0.15) is 0 Å². The average Bonchev–Trinajstić information content (AvgIpc) is 3.42. The van der Waals surface area contributed by atoms with Crippen molar-refractivity contribution in [1.29, 1.82) is 0 Å². The molecule has 0 spiro atoms. The molecule has 3 rings (SSSR count). The van der Waals surface area contributed by atoms with Crippen LogP contribution in [-0.2, 0) is 11.3 Å². The van der Waals surface area contributed by atoms with E-state index in [2.05, 4.69) is 16.0 Å². The molecular weight excluding hydrogens is 361 g/mol. The molecule has 0 atom stereocenters. The van der Waals surface area contributed by atoms with Crippen molar-refractivity contribution in [2.75, 3.05) is 10.6 Å². The molecule has 2 aromatic carbocycles. The molecule has 0 radical (unpaired) electrons. The smallest absolute Gasteiger partial charge is 0.319 e. The Labute approximate surface area is 155 Å². The van der Waals surface area contributed by atoms with Crippen molar-refractivity contribution >= 4 is 46.5 Å². The predicted molar refractivity (Wildman–Crippen MR) is 100 cm³/mol. The largest absolute Gasteiger partial charge is 0.334 e. The van der Waals surface area contributed by atoms with Gasteiger partial charge in [-0.1, -0.05) is 35.3 Å². The third-order valence-electron chi connectivity index (χ3n) is 3.77. The van der Waals surface area contributed by atoms with Crippen LogP contribution in [0.4, 0.5) is 16.2 Å². The van der Waals surface area contributed by atoms with E-state index in [9.17, 15) is 9.59 Å². The van der Waals surface area contributed by atoms with E-state index >= 15 is 0 Å². The summed E-state index contributed by atoms with van der Waals surface area (Å²) in [6.45, 7) is 0.334. The number of halogens is 2. The summed E-state index contributed by atoms with van der Waals surface area (Å²) >= 11 is 11.8. The first-order chi connectivity index (χ1) is 12.0. The number of anilines is 2. The molecule has 1 saturated carbocycles. The number of benzene rings is 2. The molecule has 0 aliphatic heterocycles.